The van der Waals surface area contributed by atoms with Crippen LogP contribution in [0, 0.1) is 0 Å². The van der Waals surface area contributed by atoms with Crippen molar-refractivity contribution in [2.24, 2.45) is 0 Å². The summed E-state index contributed by atoms with van der Waals surface area (Å²) in [4.78, 5) is 0. The van der Waals surface area contributed by atoms with Gasteiger partial charge in [-0.3, -0.25) is 5.32 Å². The minimum atomic E-state index is -0.283. The molecule has 3 heteroatoms. The fraction of sp³-hybridized carbons (Fsp3) is 1.00. The van der Waals surface area contributed by atoms with Crippen molar-refractivity contribution in [2.75, 3.05) is 20.8 Å². The summed E-state index contributed by atoms with van der Waals surface area (Å²) < 4.78 is 11.1. The van der Waals surface area contributed by atoms with Gasteiger partial charge in [0.15, 0.2) is 0 Å². The van der Waals surface area contributed by atoms with Crippen LogP contribution in [0.15, 0.2) is 0 Å². The van der Waals surface area contributed by atoms with E-state index in [4.69, 9.17) is 9.47 Å². The van der Waals surface area contributed by atoms with E-state index in [1.807, 2.05) is 20.9 Å². The summed E-state index contributed by atoms with van der Waals surface area (Å²) >= 11 is 0. The van der Waals surface area contributed by atoms with Crippen LogP contribution in [-0.4, -0.2) is 32.1 Å². The number of hydrogen-bond acceptors (Lipinski definition) is 3. The van der Waals surface area contributed by atoms with Gasteiger partial charge < -0.3 is 9.47 Å². The topological polar surface area (TPSA) is 30.5 Å². The van der Waals surface area contributed by atoms with Gasteiger partial charge in [0.2, 0.25) is 0 Å². The summed E-state index contributed by atoms with van der Waals surface area (Å²) in [6.45, 7) is 8.75. The molecule has 0 aliphatic heterocycles. The van der Waals surface area contributed by atoms with Crippen LogP contribution in [0.1, 0.15) is 34.1 Å². The maximum absolute atomic E-state index is 5.69. The van der Waals surface area contributed by atoms with E-state index in [0.717, 1.165) is 6.42 Å². The number of rotatable bonds is 6. The number of nitrogens with one attached hydrogen (secondary N) is 1. The van der Waals surface area contributed by atoms with Gasteiger partial charge in [-0.15, -0.1) is 0 Å². The Morgan fingerprint density at radius 1 is 1.23 bits per heavy atom. The molecule has 1 atom stereocenters. The maximum Gasteiger partial charge on any atom is 0.113 e. The van der Waals surface area contributed by atoms with Gasteiger partial charge in [-0.1, -0.05) is 6.92 Å². The summed E-state index contributed by atoms with van der Waals surface area (Å²) in [6.07, 6.45) is 0.948. The Morgan fingerprint density at radius 3 is 2.08 bits per heavy atom. The SMILES string of the molecule is CCC(C)(COC(C)(C)NC)OC. The molecule has 3 nitrogen and oxygen atoms in total. The molecule has 0 aromatic rings. The lowest BCUT2D eigenvalue weighted by molar-refractivity contribution is -0.124. The Balaban J connectivity index is 3.99. The average molecular weight is 189 g/mol. The van der Waals surface area contributed by atoms with Crippen molar-refractivity contribution in [3.63, 3.8) is 0 Å². The van der Waals surface area contributed by atoms with Gasteiger partial charge in [0.25, 0.3) is 0 Å². The average Bonchev–Trinajstić information content (AvgIpc) is 2.14. The molecule has 0 radical (unpaired) electrons. The van der Waals surface area contributed by atoms with Crippen molar-refractivity contribution in [1.82, 2.24) is 5.32 Å². The quantitative estimate of drug-likeness (QED) is 0.646. The van der Waals surface area contributed by atoms with Crippen LogP contribution < -0.4 is 5.32 Å². The van der Waals surface area contributed by atoms with Gasteiger partial charge in [-0.05, 0) is 34.2 Å². The first kappa shape index (κ1) is 12.9. The molecular formula is C10H23NO2. The van der Waals surface area contributed by atoms with Crippen molar-refractivity contribution < 1.29 is 9.47 Å². The first-order valence-corrected chi connectivity index (χ1v) is 4.77. The fourth-order valence-corrected chi connectivity index (χ4v) is 0.711. The second-order valence-electron chi connectivity index (χ2n) is 4.06. The molecule has 0 bridgehead atoms. The molecule has 0 aromatic heterocycles. The van der Waals surface area contributed by atoms with Crippen LogP contribution in [-0.2, 0) is 9.47 Å². The molecular weight excluding hydrogens is 166 g/mol. The second-order valence-corrected chi connectivity index (χ2v) is 4.06. The third-order valence-corrected chi connectivity index (χ3v) is 2.58. The number of ether oxygens (including phenoxy) is 2. The highest BCUT2D eigenvalue weighted by Gasteiger charge is 2.25. The molecule has 0 heterocycles. The summed E-state index contributed by atoms with van der Waals surface area (Å²) in [7, 11) is 3.61. The molecule has 1 unspecified atom stereocenters. The van der Waals surface area contributed by atoms with Crippen molar-refractivity contribution in [2.45, 2.75) is 45.4 Å². The molecule has 0 aromatic carbocycles. The lowest BCUT2D eigenvalue weighted by Gasteiger charge is -2.32. The lowest BCUT2D eigenvalue weighted by atomic mass is 10.1. The maximum atomic E-state index is 5.69. The molecule has 0 aliphatic rings. The molecule has 0 aliphatic carbocycles. The summed E-state index contributed by atoms with van der Waals surface area (Å²) in [6, 6.07) is 0. The zero-order valence-corrected chi connectivity index (χ0v) is 9.73. The highest BCUT2D eigenvalue weighted by molar-refractivity contribution is 4.74. The smallest absolute Gasteiger partial charge is 0.113 e. The van der Waals surface area contributed by atoms with Gasteiger partial charge in [0.1, 0.15) is 5.72 Å². The van der Waals surface area contributed by atoms with E-state index in [9.17, 15) is 0 Å². The first-order chi connectivity index (χ1) is 5.89. The molecule has 0 amide bonds. The fourth-order valence-electron chi connectivity index (χ4n) is 0.711. The Kier molecular flexibility index (Phi) is 4.89. The highest BCUT2D eigenvalue weighted by atomic mass is 16.6. The van der Waals surface area contributed by atoms with Crippen LogP contribution in [0.5, 0.6) is 0 Å². The van der Waals surface area contributed by atoms with Gasteiger partial charge in [-0.2, -0.15) is 0 Å². The van der Waals surface area contributed by atoms with Crippen LogP contribution in [0.2, 0.25) is 0 Å². The van der Waals surface area contributed by atoms with E-state index in [1.165, 1.54) is 0 Å². The van der Waals surface area contributed by atoms with E-state index in [1.54, 1.807) is 7.11 Å². The van der Waals surface area contributed by atoms with Crippen LogP contribution in [0.4, 0.5) is 0 Å². The molecule has 0 saturated carbocycles. The van der Waals surface area contributed by atoms with Crippen molar-refractivity contribution >= 4 is 0 Å². The first-order valence-electron chi connectivity index (χ1n) is 4.77. The van der Waals surface area contributed by atoms with Crippen LogP contribution in [0.25, 0.3) is 0 Å². The van der Waals surface area contributed by atoms with Crippen LogP contribution >= 0.6 is 0 Å². The molecule has 0 fully saturated rings. The van der Waals surface area contributed by atoms with Crippen LogP contribution in [0.3, 0.4) is 0 Å². The van der Waals surface area contributed by atoms with Crippen molar-refractivity contribution in [3.05, 3.63) is 0 Å². The van der Waals surface area contributed by atoms with Crippen molar-refractivity contribution in [1.29, 1.82) is 0 Å². The number of hydrogen-bond donors (Lipinski definition) is 1. The minimum absolute atomic E-state index is 0.173. The lowest BCUT2D eigenvalue weighted by Crippen LogP contribution is -2.44. The predicted octanol–water partition coefficient (Wildman–Crippen LogP) is 1.77. The third kappa shape index (κ3) is 4.60. The summed E-state index contributed by atoms with van der Waals surface area (Å²) in [5.74, 6) is 0. The highest BCUT2D eigenvalue weighted by Crippen LogP contribution is 2.17. The Morgan fingerprint density at radius 2 is 1.77 bits per heavy atom. The van der Waals surface area contributed by atoms with E-state index >= 15 is 0 Å². The predicted molar refractivity (Wildman–Crippen MR) is 54.8 cm³/mol. The normalized spacial score (nSPS) is 17.1. The largest absolute Gasteiger partial charge is 0.376 e. The molecule has 80 valence electrons. The zero-order valence-electron chi connectivity index (χ0n) is 9.73. The Bertz CT molecular complexity index is 142. The van der Waals surface area contributed by atoms with E-state index in [2.05, 4.69) is 19.2 Å². The molecule has 0 rings (SSSR count). The summed E-state index contributed by atoms with van der Waals surface area (Å²) in [5.41, 5.74) is -0.455. The van der Waals surface area contributed by atoms with Gasteiger partial charge in [-0.25, -0.2) is 0 Å². The third-order valence-electron chi connectivity index (χ3n) is 2.58. The van der Waals surface area contributed by atoms with Gasteiger partial charge in [0, 0.05) is 7.11 Å². The zero-order chi connectivity index (χ0) is 10.5. The standard InChI is InChI=1S/C10H23NO2/c1-7-10(4,12-6)8-13-9(2,3)11-5/h11H,7-8H2,1-6H3. The molecule has 1 N–H and O–H groups in total. The monoisotopic (exact) mass is 189 g/mol. The molecule has 13 heavy (non-hydrogen) atoms. The van der Waals surface area contributed by atoms with E-state index in [-0.39, 0.29) is 11.3 Å². The van der Waals surface area contributed by atoms with Gasteiger partial charge in [0.05, 0.1) is 12.2 Å². The van der Waals surface area contributed by atoms with E-state index < -0.39 is 0 Å². The second kappa shape index (κ2) is 4.94. The summed E-state index contributed by atoms with van der Waals surface area (Å²) in [5, 5.41) is 3.08. The Hall–Kier alpha value is -0.120. The number of methoxy groups -OCH3 is 1. The minimum Gasteiger partial charge on any atom is -0.376 e. The Labute approximate surface area is 81.8 Å². The van der Waals surface area contributed by atoms with E-state index in [0.29, 0.717) is 6.61 Å². The molecule has 0 saturated heterocycles. The molecule has 0 spiro atoms. The van der Waals surface area contributed by atoms with Gasteiger partial charge >= 0.3 is 0 Å². The van der Waals surface area contributed by atoms with Crippen molar-refractivity contribution in [3.8, 4) is 0 Å².